The predicted molar refractivity (Wildman–Crippen MR) is 94.3 cm³/mol. The Morgan fingerprint density at radius 1 is 1.20 bits per heavy atom. The molecule has 0 unspecified atom stereocenters. The fourth-order valence-electron chi connectivity index (χ4n) is 4.17. The zero-order valence-electron chi connectivity index (χ0n) is 14.6. The van der Waals surface area contributed by atoms with Crippen molar-refractivity contribution in [2.24, 2.45) is 11.3 Å². The third-order valence-electron chi connectivity index (χ3n) is 5.83. The van der Waals surface area contributed by atoms with Gasteiger partial charge in [0.2, 0.25) is 0 Å². The smallest absolute Gasteiger partial charge is 0.137 e. The van der Waals surface area contributed by atoms with E-state index in [1.807, 2.05) is 18.2 Å². The SMILES string of the molecule is c1cncc(OC[C@@H]2COCCC23CCN(Cc2ccco2)CC3)c1. The number of piperidine rings is 1. The molecule has 0 radical (unpaired) electrons. The molecule has 4 heterocycles. The van der Waals surface area contributed by atoms with Crippen LogP contribution in [0.4, 0.5) is 0 Å². The van der Waals surface area contributed by atoms with Crippen LogP contribution in [0.2, 0.25) is 0 Å². The Balaban J connectivity index is 1.35. The van der Waals surface area contributed by atoms with Crippen molar-refractivity contribution < 1.29 is 13.9 Å². The van der Waals surface area contributed by atoms with E-state index in [1.54, 1.807) is 18.7 Å². The van der Waals surface area contributed by atoms with E-state index >= 15 is 0 Å². The monoisotopic (exact) mass is 342 g/mol. The summed E-state index contributed by atoms with van der Waals surface area (Å²) in [6.45, 7) is 5.54. The van der Waals surface area contributed by atoms with Crippen LogP contribution < -0.4 is 4.74 Å². The number of ether oxygens (including phenoxy) is 2. The number of nitrogens with zero attached hydrogens (tertiary/aromatic N) is 2. The quantitative estimate of drug-likeness (QED) is 0.834. The highest BCUT2D eigenvalue weighted by atomic mass is 16.5. The van der Waals surface area contributed by atoms with Crippen molar-refractivity contribution in [3.05, 3.63) is 48.7 Å². The summed E-state index contributed by atoms with van der Waals surface area (Å²) >= 11 is 0. The molecule has 25 heavy (non-hydrogen) atoms. The summed E-state index contributed by atoms with van der Waals surface area (Å²) in [5.41, 5.74) is 0.347. The standard InChI is InChI=1S/C20H26N2O3/c1-3-18(13-21-8-1)25-16-17-15-23-12-7-20(17)5-9-22(10-6-20)14-19-4-2-11-24-19/h1-4,8,11,13,17H,5-7,9-10,12,14-16H2/t17-/m0/s1. The number of rotatable bonds is 5. The second-order valence-corrected chi connectivity index (χ2v) is 7.24. The first-order valence-corrected chi connectivity index (χ1v) is 9.19. The van der Waals surface area contributed by atoms with Crippen LogP contribution in [-0.4, -0.2) is 42.8 Å². The largest absolute Gasteiger partial charge is 0.492 e. The number of hydrogen-bond donors (Lipinski definition) is 0. The molecule has 2 fully saturated rings. The van der Waals surface area contributed by atoms with Crippen LogP contribution in [0.3, 0.4) is 0 Å². The van der Waals surface area contributed by atoms with E-state index in [0.29, 0.717) is 17.9 Å². The van der Waals surface area contributed by atoms with Crippen molar-refractivity contribution in [3.63, 3.8) is 0 Å². The molecular formula is C20H26N2O3. The van der Waals surface area contributed by atoms with Crippen LogP contribution in [0.25, 0.3) is 0 Å². The van der Waals surface area contributed by atoms with Crippen LogP contribution in [-0.2, 0) is 11.3 Å². The van der Waals surface area contributed by atoms with Crippen molar-refractivity contribution in [1.82, 2.24) is 9.88 Å². The third-order valence-corrected chi connectivity index (χ3v) is 5.83. The van der Waals surface area contributed by atoms with Crippen molar-refractivity contribution in [3.8, 4) is 5.75 Å². The molecule has 2 aliphatic rings. The minimum Gasteiger partial charge on any atom is -0.492 e. The first-order valence-electron chi connectivity index (χ1n) is 9.19. The molecule has 0 amide bonds. The zero-order chi connectivity index (χ0) is 17.0. The van der Waals surface area contributed by atoms with E-state index < -0.39 is 0 Å². The van der Waals surface area contributed by atoms with E-state index in [9.17, 15) is 0 Å². The average molecular weight is 342 g/mol. The molecule has 0 aromatic carbocycles. The molecule has 2 aliphatic heterocycles. The van der Waals surface area contributed by atoms with Crippen molar-refractivity contribution >= 4 is 0 Å². The summed E-state index contributed by atoms with van der Waals surface area (Å²) in [4.78, 5) is 6.62. The van der Waals surface area contributed by atoms with Gasteiger partial charge in [0.25, 0.3) is 0 Å². The van der Waals surface area contributed by atoms with Gasteiger partial charge in [0.1, 0.15) is 11.5 Å². The number of furan rings is 1. The van der Waals surface area contributed by atoms with Gasteiger partial charge in [-0.25, -0.2) is 0 Å². The molecule has 4 rings (SSSR count). The Kier molecular flexibility index (Phi) is 5.04. The molecule has 5 nitrogen and oxygen atoms in total. The highest BCUT2D eigenvalue weighted by Gasteiger charge is 2.43. The summed E-state index contributed by atoms with van der Waals surface area (Å²) < 4.78 is 17.3. The van der Waals surface area contributed by atoms with Gasteiger partial charge in [-0.1, -0.05) is 0 Å². The molecule has 5 heteroatoms. The second kappa shape index (κ2) is 7.58. The molecule has 2 aromatic heterocycles. The summed E-state index contributed by atoms with van der Waals surface area (Å²) in [6, 6.07) is 7.90. The fraction of sp³-hybridized carbons (Fsp3) is 0.550. The van der Waals surface area contributed by atoms with Gasteiger partial charge < -0.3 is 13.9 Å². The molecule has 1 spiro atoms. The molecule has 2 aromatic rings. The maximum atomic E-state index is 6.01. The number of aromatic nitrogens is 1. The average Bonchev–Trinajstić information content (AvgIpc) is 3.17. The van der Waals surface area contributed by atoms with Crippen LogP contribution in [0, 0.1) is 11.3 Å². The topological polar surface area (TPSA) is 47.7 Å². The minimum atomic E-state index is 0.347. The molecule has 1 atom stereocenters. The Morgan fingerprint density at radius 3 is 2.88 bits per heavy atom. The Bertz CT molecular complexity index is 636. The van der Waals surface area contributed by atoms with E-state index in [-0.39, 0.29) is 0 Å². The summed E-state index contributed by atoms with van der Waals surface area (Å²) in [7, 11) is 0. The Morgan fingerprint density at radius 2 is 2.12 bits per heavy atom. The number of hydrogen-bond acceptors (Lipinski definition) is 5. The van der Waals surface area contributed by atoms with Crippen molar-refractivity contribution in [1.29, 1.82) is 0 Å². The minimum absolute atomic E-state index is 0.347. The molecule has 2 saturated heterocycles. The van der Waals surface area contributed by atoms with E-state index in [4.69, 9.17) is 13.9 Å². The van der Waals surface area contributed by atoms with Crippen LogP contribution in [0.1, 0.15) is 25.0 Å². The van der Waals surface area contributed by atoms with Gasteiger partial charge in [-0.3, -0.25) is 9.88 Å². The van der Waals surface area contributed by atoms with E-state index in [0.717, 1.165) is 50.8 Å². The first-order chi connectivity index (χ1) is 12.3. The van der Waals surface area contributed by atoms with E-state index in [1.165, 1.54) is 12.8 Å². The maximum absolute atomic E-state index is 6.01. The highest BCUT2D eigenvalue weighted by Crippen LogP contribution is 2.45. The normalized spacial score (nSPS) is 23.6. The van der Waals surface area contributed by atoms with Crippen LogP contribution in [0.15, 0.2) is 47.3 Å². The number of pyridine rings is 1. The van der Waals surface area contributed by atoms with Crippen molar-refractivity contribution in [2.75, 3.05) is 32.9 Å². The first kappa shape index (κ1) is 16.6. The van der Waals surface area contributed by atoms with Crippen LogP contribution >= 0.6 is 0 Å². The van der Waals surface area contributed by atoms with Gasteiger partial charge in [-0.05, 0) is 62.0 Å². The summed E-state index contributed by atoms with van der Waals surface area (Å²) in [6.07, 6.45) is 8.86. The predicted octanol–water partition coefficient (Wildman–Crippen LogP) is 3.37. The summed E-state index contributed by atoms with van der Waals surface area (Å²) in [5.74, 6) is 2.35. The molecular weight excluding hydrogens is 316 g/mol. The van der Waals surface area contributed by atoms with Gasteiger partial charge in [0, 0.05) is 18.7 Å². The Hall–Kier alpha value is -1.85. The molecule has 0 saturated carbocycles. The van der Waals surface area contributed by atoms with Gasteiger partial charge >= 0.3 is 0 Å². The van der Waals surface area contributed by atoms with Gasteiger partial charge in [0.05, 0.1) is 32.2 Å². The fourth-order valence-corrected chi connectivity index (χ4v) is 4.17. The zero-order valence-corrected chi connectivity index (χ0v) is 14.6. The van der Waals surface area contributed by atoms with Crippen molar-refractivity contribution in [2.45, 2.75) is 25.8 Å². The lowest BCUT2D eigenvalue weighted by Gasteiger charge is -2.48. The Labute approximate surface area is 148 Å². The van der Waals surface area contributed by atoms with Gasteiger partial charge in [0.15, 0.2) is 0 Å². The molecule has 134 valence electrons. The lowest BCUT2D eigenvalue weighted by molar-refractivity contribution is -0.0868. The summed E-state index contributed by atoms with van der Waals surface area (Å²) in [5, 5.41) is 0. The maximum Gasteiger partial charge on any atom is 0.137 e. The molecule has 0 aliphatic carbocycles. The van der Waals surface area contributed by atoms with E-state index in [2.05, 4.69) is 16.0 Å². The van der Waals surface area contributed by atoms with Gasteiger partial charge in [-0.15, -0.1) is 0 Å². The third kappa shape index (κ3) is 3.88. The highest BCUT2D eigenvalue weighted by molar-refractivity contribution is 5.15. The number of likely N-dealkylation sites (tertiary alicyclic amines) is 1. The molecule has 0 N–H and O–H groups in total. The lowest BCUT2D eigenvalue weighted by atomic mass is 9.66. The van der Waals surface area contributed by atoms with Crippen LogP contribution in [0.5, 0.6) is 5.75 Å². The lowest BCUT2D eigenvalue weighted by Crippen LogP contribution is -2.49. The molecule has 0 bridgehead atoms. The second-order valence-electron chi connectivity index (χ2n) is 7.24. The van der Waals surface area contributed by atoms with Gasteiger partial charge in [-0.2, -0.15) is 0 Å².